The molecular formula is C19H14F3NO4S. The summed E-state index contributed by atoms with van der Waals surface area (Å²) in [4.78, 5) is 25.6. The summed E-state index contributed by atoms with van der Waals surface area (Å²) in [5.41, 5.74) is -0.606. The zero-order chi connectivity index (χ0) is 20.5. The minimum atomic E-state index is -4.59. The lowest BCUT2D eigenvalue weighted by Gasteiger charge is -2.14. The quantitative estimate of drug-likeness (QED) is 0.716. The molecule has 2 amide bonds. The number of hydrogen-bond donors (Lipinski definition) is 1. The van der Waals surface area contributed by atoms with Crippen LogP contribution in [0.1, 0.15) is 18.1 Å². The number of carbonyl (C=O) groups excluding carboxylic acids is 2. The van der Waals surface area contributed by atoms with Gasteiger partial charge in [-0.25, -0.2) is 4.90 Å². The Balaban J connectivity index is 1.92. The van der Waals surface area contributed by atoms with Crippen LogP contribution in [-0.4, -0.2) is 22.9 Å². The molecule has 0 saturated carbocycles. The first-order chi connectivity index (χ1) is 13.2. The first-order valence-corrected chi connectivity index (χ1v) is 8.93. The van der Waals surface area contributed by atoms with Gasteiger partial charge < -0.3 is 9.84 Å². The minimum Gasteiger partial charge on any atom is -0.504 e. The zero-order valence-electron chi connectivity index (χ0n) is 14.5. The molecule has 1 aliphatic heterocycles. The van der Waals surface area contributed by atoms with Crippen molar-refractivity contribution >= 4 is 34.7 Å². The highest BCUT2D eigenvalue weighted by Gasteiger charge is 2.38. The van der Waals surface area contributed by atoms with E-state index in [0.29, 0.717) is 28.8 Å². The molecule has 0 aliphatic carbocycles. The number of phenols is 1. The van der Waals surface area contributed by atoms with Crippen LogP contribution >= 0.6 is 11.8 Å². The van der Waals surface area contributed by atoms with E-state index in [-0.39, 0.29) is 22.1 Å². The van der Waals surface area contributed by atoms with Gasteiger partial charge in [0.15, 0.2) is 11.5 Å². The van der Waals surface area contributed by atoms with Crippen LogP contribution in [0.5, 0.6) is 11.5 Å². The second-order valence-electron chi connectivity index (χ2n) is 5.73. The zero-order valence-corrected chi connectivity index (χ0v) is 15.3. The Bertz CT molecular complexity index is 972. The van der Waals surface area contributed by atoms with Crippen LogP contribution in [0.4, 0.5) is 23.7 Å². The number of hydrogen-bond acceptors (Lipinski definition) is 5. The normalized spacial score (nSPS) is 16.1. The van der Waals surface area contributed by atoms with E-state index in [4.69, 9.17) is 4.74 Å². The first-order valence-electron chi connectivity index (χ1n) is 8.11. The summed E-state index contributed by atoms with van der Waals surface area (Å²) in [5.74, 6) is -0.579. The third-order valence-corrected chi connectivity index (χ3v) is 4.68. The lowest BCUT2D eigenvalue weighted by molar-refractivity contribution is -0.137. The van der Waals surface area contributed by atoms with Crippen molar-refractivity contribution in [1.29, 1.82) is 0 Å². The van der Waals surface area contributed by atoms with E-state index in [1.807, 2.05) is 0 Å². The Labute approximate surface area is 162 Å². The van der Waals surface area contributed by atoms with Gasteiger partial charge in [0.2, 0.25) is 0 Å². The average Bonchev–Trinajstić information content (AvgIpc) is 2.91. The van der Waals surface area contributed by atoms with Gasteiger partial charge in [-0.15, -0.1) is 0 Å². The number of imide groups is 1. The van der Waals surface area contributed by atoms with E-state index >= 15 is 0 Å². The molecule has 0 radical (unpaired) electrons. The first kappa shape index (κ1) is 19.8. The minimum absolute atomic E-state index is 0.0514. The van der Waals surface area contributed by atoms with Gasteiger partial charge in [-0.3, -0.25) is 9.59 Å². The molecule has 1 fully saturated rings. The molecule has 1 heterocycles. The Hall–Kier alpha value is -2.94. The van der Waals surface area contributed by atoms with Crippen LogP contribution in [0.25, 0.3) is 6.08 Å². The van der Waals surface area contributed by atoms with Crippen LogP contribution in [0, 0.1) is 0 Å². The summed E-state index contributed by atoms with van der Waals surface area (Å²) in [5, 5.41) is 9.04. The van der Waals surface area contributed by atoms with E-state index in [9.17, 15) is 27.9 Å². The fourth-order valence-corrected chi connectivity index (χ4v) is 3.40. The maximum absolute atomic E-state index is 12.9. The Morgan fingerprint density at radius 3 is 2.61 bits per heavy atom. The second kappa shape index (κ2) is 7.59. The molecule has 0 bridgehead atoms. The van der Waals surface area contributed by atoms with Crippen LogP contribution in [0.2, 0.25) is 0 Å². The van der Waals surface area contributed by atoms with E-state index in [1.165, 1.54) is 30.3 Å². The molecular weight excluding hydrogens is 395 g/mol. The molecule has 146 valence electrons. The summed E-state index contributed by atoms with van der Waals surface area (Å²) < 4.78 is 44.0. The number of halogens is 3. The van der Waals surface area contributed by atoms with Gasteiger partial charge in [-0.1, -0.05) is 12.1 Å². The fraction of sp³-hybridized carbons (Fsp3) is 0.158. The van der Waals surface area contributed by atoms with Gasteiger partial charge >= 0.3 is 6.18 Å². The molecule has 1 saturated heterocycles. The van der Waals surface area contributed by atoms with Crippen molar-refractivity contribution in [3.63, 3.8) is 0 Å². The van der Waals surface area contributed by atoms with Crippen molar-refractivity contribution in [3.8, 4) is 11.5 Å². The lowest BCUT2D eigenvalue weighted by Crippen LogP contribution is -2.28. The van der Waals surface area contributed by atoms with Crippen molar-refractivity contribution in [2.75, 3.05) is 11.5 Å². The van der Waals surface area contributed by atoms with E-state index in [2.05, 4.69) is 0 Å². The van der Waals surface area contributed by atoms with Gasteiger partial charge in [-0.2, -0.15) is 13.2 Å². The summed E-state index contributed by atoms with van der Waals surface area (Å²) in [6.07, 6.45) is -3.17. The fourth-order valence-electron chi connectivity index (χ4n) is 2.55. The van der Waals surface area contributed by atoms with Gasteiger partial charge in [0, 0.05) is 0 Å². The number of aromatic hydroxyl groups is 1. The number of thioether (sulfide) groups is 1. The number of carbonyl (C=O) groups is 2. The Morgan fingerprint density at radius 2 is 1.93 bits per heavy atom. The lowest BCUT2D eigenvalue weighted by atomic mass is 10.1. The van der Waals surface area contributed by atoms with Crippen molar-refractivity contribution in [2.24, 2.45) is 0 Å². The van der Waals surface area contributed by atoms with Gasteiger partial charge in [-0.05, 0) is 60.7 Å². The largest absolute Gasteiger partial charge is 0.504 e. The molecule has 3 rings (SSSR count). The highest BCUT2D eigenvalue weighted by atomic mass is 32.2. The van der Waals surface area contributed by atoms with Gasteiger partial charge in [0.1, 0.15) is 0 Å². The molecule has 0 atom stereocenters. The second-order valence-corrected chi connectivity index (χ2v) is 6.72. The third-order valence-electron chi connectivity index (χ3n) is 3.81. The maximum Gasteiger partial charge on any atom is 0.416 e. The highest BCUT2D eigenvalue weighted by Crippen LogP contribution is 2.38. The Kier molecular flexibility index (Phi) is 5.37. The van der Waals surface area contributed by atoms with Crippen molar-refractivity contribution in [1.82, 2.24) is 0 Å². The molecule has 5 nitrogen and oxygen atoms in total. The number of ether oxygens (including phenoxy) is 1. The number of nitrogens with zero attached hydrogens (tertiary/aromatic N) is 1. The van der Waals surface area contributed by atoms with Crippen LogP contribution in [0.15, 0.2) is 47.4 Å². The Morgan fingerprint density at radius 1 is 1.18 bits per heavy atom. The number of amides is 2. The predicted octanol–water partition coefficient (Wildman–Crippen LogP) is 5.05. The van der Waals surface area contributed by atoms with E-state index < -0.39 is 22.9 Å². The summed E-state index contributed by atoms with van der Waals surface area (Å²) in [6.45, 7) is 2.07. The average molecular weight is 409 g/mol. The van der Waals surface area contributed by atoms with Crippen molar-refractivity contribution < 1.29 is 32.6 Å². The third kappa shape index (κ3) is 3.99. The smallest absolute Gasteiger partial charge is 0.416 e. The molecule has 1 N–H and O–H groups in total. The molecule has 2 aromatic carbocycles. The molecule has 1 aliphatic rings. The summed E-state index contributed by atoms with van der Waals surface area (Å²) in [6, 6.07) is 8.43. The van der Waals surface area contributed by atoms with Crippen molar-refractivity contribution in [2.45, 2.75) is 13.1 Å². The molecule has 9 heteroatoms. The summed E-state index contributed by atoms with van der Waals surface area (Å²) >= 11 is 0.622. The van der Waals surface area contributed by atoms with E-state index in [0.717, 1.165) is 18.2 Å². The van der Waals surface area contributed by atoms with Gasteiger partial charge in [0.25, 0.3) is 11.1 Å². The van der Waals surface area contributed by atoms with Crippen LogP contribution < -0.4 is 9.64 Å². The number of alkyl halides is 3. The van der Waals surface area contributed by atoms with Crippen molar-refractivity contribution in [3.05, 3.63) is 58.5 Å². The standard InChI is InChI=1S/C19H14F3NO4S/c1-2-27-15-8-11(6-7-14(15)24)9-16-17(25)23(18(26)28-16)13-5-3-4-12(10-13)19(20,21)22/h3-10,24H,2H2,1H3/b16-9-. The van der Waals surface area contributed by atoms with Crippen LogP contribution in [0.3, 0.4) is 0 Å². The molecule has 0 unspecified atom stereocenters. The maximum atomic E-state index is 12.9. The summed E-state index contributed by atoms with van der Waals surface area (Å²) in [7, 11) is 0. The van der Waals surface area contributed by atoms with Gasteiger partial charge in [0.05, 0.1) is 22.8 Å². The topological polar surface area (TPSA) is 66.8 Å². The number of phenolic OH excluding ortho intramolecular Hbond substituents is 1. The highest BCUT2D eigenvalue weighted by molar-refractivity contribution is 8.19. The SMILES string of the molecule is CCOc1cc(/C=C2\SC(=O)N(c3cccc(C(F)(F)F)c3)C2=O)ccc1O. The number of rotatable bonds is 4. The van der Waals surface area contributed by atoms with E-state index in [1.54, 1.807) is 6.92 Å². The number of benzene rings is 2. The molecule has 0 spiro atoms. The number of anilines is 1. The molecule has 28 heavy (non-hydrogen) atoms. The molecule has 0 aromatic heterocycles. The molecule has 2 aromatic rings. The predicted molar refractivity (Wildman–Crippen MR) is 99.2 cm³/mol. The van der Waals surface area contributed by atoms with Crippen LogP contribution in [-0.2, 0) is 11.0 Å². The monoisotopic (exact) mass is 409 g/mol.